The van der Waals surface area contributed by atoms with E-state index in [0.717, 1.165) is 22.4 Å². The van der Waals surface area contributed by atoms with Crippen LogP contribution in [0.5, 0.6) is 0 Å². The molecule has 0 saturated carbocycles. The van der Waals surface area contributed by atoms with Gasteiger partial charge in [-0.3, -0.25) is 4.98 Å². The second-order valence-electron chi connectivity index (χ2n) is 3.46. The average Bonchev–Trinajstić information content (AvgIpc) is 2.20. The quantitative estimate of drug-likeness (QED) is 0.733. The zero-order valence-electron chi connectivity index (χ0n) is 8.66. The van der Waals surface area contributed by atoms with Crippen molar-refractivity contribution in [2.24, 2.45) is 0 Å². The standard InChI is InChI=1S/C12H11ClN2/c1-8-4-3-5-9(2)10(8)11-12(13)15-7-6-14-11/h3-7H,1-2H3. The van der Waals surface area contributed by atoms with Crippen molar-refractivity contribution in [3.8, 4) is 11.3 Å². The van der Waals surface area contributed by atoms with Gasteiger partial charge < -0.3 is 0 Å². The first-order valence-electron chi connectivity index (χ1n) is 4.73. The number of halogens is 1. The van der Waals surface area contributed by atoms with Crippen LogP contribution in [0.15, 0.2) is 30.6 Å². The van der Waals surface area contributed by atoms with E-state index in [1.165, 1.54) is 0 Å². The van der Waals surface area contributed by atoms with Crippen LogP contribution < -0.4 is 0 Å². The zero-order chi connectivity index (χ0) is 10.8. The van der Waals surface area contributed by atoms with Gasteiger partial charge in [0.25, 0.3) is 0 Å². The topological polar surface area (TPSA) is 25.8 Å². The lowest BCUT2D eigenvalue weighted by Gasteiger charge is -2.09. The van der Waals surface area contributed by atoms with Gasteiger partial charge in [0.1, 0.15) is 5.69 Å². The van der Waals surface area contributed by atoms with Crippen LogP contribution in [-0.4, -0.2) is 9.97 Å². The Labute approximate surface area is 94.0 Å². The first kappa shape index (κ1) is 10.1. The van der Waals surface area contributed by atoms with Gasteiger partial charge in [0.2, 0.25) is 0 Å². The van der Waals surface area contributed by atoms with Crippen LogP contribution in [0.3, 0.4) is 0 Å². The Morgan fingerprint density at radius 3 is 2.20 bits per heavy atom. The summed E-state index contributed by atoms with van der Waals surface area (Å²) in [4.78, 5) is 8.32. The highest BCUT2D eigenvalue weighted by atomic mass is 35.5. The van der Waals surface area contributed by atoms with E-state index in [-0.39, 0.29) is 0 Å². The molecule has 0 aliphatic carbocycles. The summed E-state index contributed by atoms with van der Waals surface area (Å²) in [5, 5.41) is 0.454. The number of benzene rings is 1. The average molecular weight is 219 g/mol. The van der Waals surface area contributed by atoms with Gasteiger partial charge in [-0.1, -0.05) is 29.8 Å². The van der Waals surface area contributed by atoms with Crippen molar-refractivity contribution in [1.29, 1.82) is 0 Å². The lowest BCUT2D eigenvalue weighted by atomic mass is 10.0. The SMILES string of the molecule is Cc1cccc(C)c1-c1nccnc1Cl. The Morgan fingerprint density at radius 1 is 1.00 bits per heavy atom. The van der Waals surface area contributed by atoms with E-state index in [4.69, 9.17) is 11.6 Å². The molecule has 0 aliphatic rings. The first-order valence-corrected chi connectivity index (χ1v) is 5.11. The molecule has 0 atom stereocenters. The van der Waals surface area contributed by atoms with Crippen LogP contribution in [-0.2, 0) is 0 Å². The van der Waals surface area contributed by atoms with Crippen molar-refractivity contribution in [1.82, 2.24) is 9.97 Å². The van der Waals surface area contributed by atoms with E-state index in [1.807, 2.05) is 32.0 Å². The van der Waals surface area contributed by atoms with E-state index in [1.54, 1.807) is 12.4 Å². The summed E-state index contributed by atoms with van der Waals surface area (Å²) in [6.45, 7) is 4.10. The molecule has 0 saturated heterocycles. The molecule has 0 radical (unpaired) electrons. The summed E-state index contributed by atoms with van der Waals surface area (Å²) < 4.78 is 0. The summed E-state index contributed by atoms with van der Waals surface area (Å²) in [6.07, 6.45) is 3.26. The van der Waals surface area contributed by atoms with E-state index >= 15 is 0 Å². The van der Waals surface area contributed by atoms with Gasteiger partial charge in [-0.25, -0.2) is 4.98 Å². The molecule has 2 rings (SSSR count). The van der Waals surface area contributed by atoms with Crippen molar-refractivity contribution in [2.45, 2.75) is 13.8 Å². The van der Waals surface area contributed by atoms with Crippen molar-refractivity contribution in [2.75, 3.05) is 0 Å². The highest BCUT2D eigenvalue weighted by Crippen LogP contribution is 2.29. The predicted octanol–water partition coefficient (Wildman–Crippen LogP) is 3.41. The Morgan fingerprint density at radius 2 is 1.60 bits per heavy atom. The largest absolute Gasteiger partial charge is 0.251 e. The number of aromatic nitrogens is 2. The van der Waals surface area contributed by atoms with Gasteiger partial charge in [0.05, 0.1) is 0 Å². The fourth-order valence-electron chi connectivity index (χ4n) is 1.68. The summed E-state index contributed by atoms with van der Waals surface area (Å²) in [6, 6.07) is 6.12. The van der Waals surface area contributed by atoms with E-state index in [2.05, 4.69) is 9.97 Å². The molecule has 0 amide bonds. The minimum Gasteiger partial charge on any atom is -0.251 e. The normalized spacial score (nSPS) is 10.3. The Balaban J connectivity index is 2.69. The maximum atomic E-state index is 6.03. The van der Waals surface area contributed by atoms with Crippen LogP contribution in [0.4, 0.5) is 0 Å². The second kappa shape index (κ2) is 3.99. The zero-order valence-corrected chi connectivity index (χ0v) is 9.42. The van der Waals surface area contributed by atoms with Gasteiger partial charge in [-0.15, -0.1) is 0 Å². The fourth-order valence-corrected chi connectivity index (χ4v) is 1.88. The van der Waals surface area contributed by atoms with Gasteiger partial charge in [0, 0.05) is 18.0 Å². The number of hydrogen-bond donors (Lipinski definition) is 0. The molecule has 0 spiro atoms. The molecule has 3 heteroatoms. The number of nitrogens with zero attached hydrogens (tertiary/aromatic N) is 2. The lowest BCUT2D eigenvalue weighted by molar-refractivity contribution is 1.19. The van der Waals surface area contributed by atoms with Crippen molar-refractivity contribution >= 4 is 11.6 Å². The van der Waals surface area contributed by atoms with Gasteiger partial charge in [0.15, 0.2) is 5.15 Å². The Hall–Kier alpha value is -1.41. The molecule has 0 N–H and O–H groups in total. The summed E-state index contributed by atoms with van der Waals surface area (Å²) in [5.41, 5.74) is 4.17. The van der Waals surface area contributed by atoms with Crippen LogP contribution in [0.25, 0.3) is 11.3 Å². The third-order valence-corrected chi connectivity index (χ3v) is 2.65. The Kier molecular flexibility index (Phi) is 2.69. The number of rotatable bonds is 1. The van der Waals surface area contributed by atoms with Crippen LogP contribution in [0.1, 0.15) is 11.1 Å². The number of aryl methyl sites for hydroxylation is 2. The first-order chi connectivity index (χ1) is 7.20. The molecule has 0 unspecified atom stereocenters. The minimum atomic E-state index is 0.454. The smallest absolute Gasteiger partial charge is 0.155 e. The molecular formula is C12H11ClN2. The predicted molar refractivity (Wildman–Crippen MR) is 62.0 cm³/mol. The van der Waals surface area contributed by atoms with Crippen molar-refractivity contribution < 1.29 is 0 Å². The number of hydrogen-bond acceptors (Lipinski definition) is 2. The molecular weight excluding hydrogens is 208 g/mol. The summed E-state index contributed by atoms with van der Waals surface area (Å²) in [7, 11) is 0. The molecule has 1 aromatic carbocycles. The minimum absolute atomic E-state index is 0.454. The van der Waals surface area contributed by atoms with Crippen molar-refractivity contribution in [3.05, 3.63) is 46.9 Å². The van der Waals surface area contributed by atoms with Crippen molar-refractivity contribution in [3.63, 3.8) is 0 Å². The molecule has 0 bridgehead atoms. The molecule has 2 aromatic rings. The molecule has 1 heterocycles. The lowest BCUT2D eigenvalue weighted by Crippen LogP contribution is -1.92. The van der Waals surface area contributed by atoms with Gasteiger partial charge >= 0.3 is 0 Å². The monoisotopic (exact) mass is 218 g/mol. The van der Waals surface area contributed by atoms with E-state index in [0.29, 0.717) is 5.15 Å². The van der Waals surface area contributed by atoms with Crippen LogP contribution >= 0.6 is 11.6 Å². The van der Waals surface area contributed by atoms with Gasteiger partial charge in [-0.2, -0.15) is 0 Å². The van der Waals surface area contributed by atoms with Gasteiger partial charge in [-0.05, 0) is 25.0 Å². The second-order valence-corrected chi connectivity index (χ2v) is 3.82. The third-order valence-electron chi connectivity index (χ3n) is 2.37. The molecule has 0 fully saturated rings. The van der Waals surface area contributed by atoms with E-state index < -0.39 is 0 Å². The van der Waals surface area contributed by atoms with Crippen LogP contribution in [0.2, 0.25) is 5.15 Å². The maximum Gasteiger partial charge on any atom is 0.155 e. The Bertz CT molecular complexity index is 474. The molecule has 1 aromatic heterocycles. The van der Waals surface area contributed by atoms with E-state index in [9.17, 15) is 0 Å². The fraction of sp³-hybridized carbons (Fsp3) is 0.167. The maximum absolute atomic E-state index is 6.03. The molecule has 2 nitrogen and oxygen atoms in total. The highest BCUT2D eigenvalue weighted by Gasteiger charge is 2.10. The third kappa shape index (κ3) is 1.85. The molecule has 76 valence electrons. The highest BCUT2D eigenvalue weighted by molar-refractivity contribution is 6.31. The molecule has 0 aliphatic heterocycles. The summed E-state index contributed by atoms with van der Waals surface area (Å²) >= 11 is 6.03. The van der Waals surface area contributed by atoms with Crippen LogP contribution in [0, 0.1) is 13.8 Å². The summed E-state index contributed by atoms with van der Waals surface area (Å²) in [5.74, 6) is 0. The molecule has 15 heavy (non-hydrogen) atoms.